The Hall–Kier alpha value is -0.880. The molecule has 0 fully saturated rings. The van der Waals surface area contributed by atoms with Crippen molar-refractivity contribution in [2.75, 3.05) is 0 Å². The van der Waals surface area contributed by atoms with Crippen LogP contribution in [0.25, 0.3) is 0 Å². The second-order valence-corrected chi connectivity index (χ2v) is 2.74. The van der Waals surface area contributed by atoms with E-state index in [0.29, 0.717) is 5.30 Å². The average molecular weight is 139 g/mol. The third-order valence-electron chi connectivity index (χ3n) is 0.991. The monoisotopic (exact) mass is 139 g/mol. The Labute approximate surface area is 53.8 Å². The Balaban J connectivity index is 3.13. The van der Waals surface area contributed by atoms with E-state index in [4.69, 9.17) is 5.16 Å². The third kappa shape index (κ3) is 1.51. The summed E-state index contributed by atoms with van der Waals surface area (Å²) in [4.78, 5) is 0. The number of nitrogens with one attached hydrogen (secondary N) is 1. The largest absolute Gasteiger partial charge is 0.256 e. The predicted octanol–water partition coefficient (Wildman–Crippen LogP) is 1.90. The van der Waals surface area contributed by atoms with Crippen molar-refractivity contribution in [2.24, 2.45) is 0 Å². The van der Waals surface area contributed by atoms with Gasteiger partial charge in [0.2, 0.25) is 7.59 Å². The van der Waals surface area contributed by atoms with Crippen molar-refractivity contribution in [3.63, 3.8) is 0 Å². The lowest BCUT2D eigenvalue weighted by molar-refractivity contribution is 0.597. The third-order valence-corrected chi connectivity index (χ3v) is 1.76. The smallest absolute Gasteiger partial charge is 0.220 e. The van der Waals surface area contributed by atoms with Gasteiger partial charge in [0.25, 0.3) is 0 Å². The highest BCUT2D eigenvalue weighted by Crippen LogP contribution is 2.02. The lowest BCUT2D eigenvalue weighted by atomic mass is 10.4. The highest BCUT2D eigenvalue weighted by atomic mass is 31.1. The quantitative estimate of drug-likeness (QED) is 0.593. The highest BCUT2D eigenvalue weighted by molar-refractivity contribution is 7.41. The second kappa shape index (κ2) is 2.60. The fraction of sp³-hybridized carbons (Fsp3) is 0. The first-order valence-electron chi connectivity index (χ1n) is 2.54. The normalized spacial score (nSPS) is 10.9. The lowest BCUT2D eigenvalue weighted by Gasteiger charge is -1.83. The van der Waals surface area contributed by atoms with Gasteiger partial charge < -0.3 is 0 Å². The molecule has 0 aliphatic carbocycles. The molecule has 0 amide bonds. The molecule has 46 valence electrons. The summed E-state index contributed by atoms with van der Waals surface area (Å²) in [6, 6.07) is 8.76. The lowest BCUT2D eigenvalue weighted by Crippen LogP contribution is -1.87. The summed E-state index contributed by atoms with van der Waals surface area (Å²) >= 11 is 0. The van der Waals surface area contributed by atoms with E-state index >= 15 is 0 Å². The zero-order valence-electron chi connectivity index (χ0n) is 4.74. The van der Waals surface area contributed by atoms with Gasteiger partial charge in [-0.15, -0.1) is 0 Å². The van der Waals surface area contributed by atoms with Gasteiger partial charge in [0.1, 0.15) is 0 Å². The van der Waals surface area contributed by atoms with Crippen LogP contribution < -0.4 is 5.30 Å². The summed E-state index contributed by atoms with van der Waals surface area (Å²) in [7, 11) is -1.90. The maximum absolute atomic E-state index is 10.5. The van der Waals surface area contributed by atoms with Gasteiger partial charge in [-0.1, -0.05) is 18.2 Å². The van der Waals surface area contributed by atoms with Gasteiger partial charge in [0.15, 0.2) is 0 Å². The molecular formula is C6H6NOP. The molecule has 9 heavy (non-hydrogen) atoms. The number of benzene rings is 1. The molecule has 3 heteroatoms. The molecule has 1 aromatic rings. The van der Waals surface area contributed by atoms with Gasteiger partial charge in [-0.3, -0.25) is 4.57 Å². The summed E-state index contributed by atoms with van der Waals surface area (Å²) in [5, 5.41) is 7.42. The highest BCUT2D eigenvalue weighted by Gasteiger charge is 1.87. The van der Waals surface area contributed by atoms with Crippen molar-refractivity contribution >= 4 is 12.9 Å². The molecular weight excluding hydrogens is 133 g/mol. The van der Waals surface area contributed by atoms with E-state index in [2.05, 4.69) is 0 Å². The van der Waals surface area contributed by atoms with Crippen LogP contribution in [0.1, 0.15) is 0 Å². The standard InChI is InChI=1S/C6H6NOP/c7-9(8)6-4-2-1-3-5-6/h1-5,7H. The van der Waals surface area contributed by atoms with Crippen molar-refractivity contribution in [3.8, 4) is 0 Å². The molecule has 0 radical (unpaired) electrons. The molecule has 1 unspecified atom stereocenters. The van der Waals surface area contributed by atoms with Crippen LogP contribution in [0, 0.1) is 5.16 Å². The Morgan fingerprint density at radius 1 is 1.22 bits per heavy atom. The zero-order valence-corrected chi connectivity index (χ0v) is 5.64. The molecule has 1 aromatic carbocycles. The van der Waals surface area contributed by atoms with E-state index in [0.717, 1.165) is 0 Å². The molecule has 0 aliphatic heterocycles. The van der Waals surface area contributed by atoms with Crippen molar-refractivity contribution in [2.45, 2.75) is 0 Å². The van der Waals surface area contributed by atoms with Gasteiger partial charge in [-0.05, 0) is 12.1 Å². The summed E-state index contributed by atoms with van der Waals surface area (Å²) in [5.41, 5.74) is 0. The van der Waals surface area contributed by atoms with Gasteiger partial charge in [-0.2, -0.15) is 0 Å². The summed E-state index contributed by atoms with van der Waals surface area (Å²) < 4.78 is 10.5. The summed E-state index contributed by atoms with van der Waals surface area (Å²) in [6.45, 7) is 0. The molecule has 0 spiro atoms. The van der Waals surface area contributed by atoms with Crippen LogP contribution in [-0.2, 0) is 4.57 Å². The van der Waals surface area contributed by atoms with Crippen LogP contribution in [-0.4, -0.2) is 0 Å². The molecule has 0 heterocycles. The minimum atomic E-state index is -1.90. The van der Waals surface area contributed by atoms with Crippen molar-refractivity contribution < 1.29 is 4.57 Å². The fourth-order valence-corrected chi connectivity index (χ4v) is 1.01. The maximum atomic E-state index is 10.5. The van der Waals surface area contributed by atoms with Crippen LogP contribution in [0.15, 0.2) is 30.3 Å². The minimum Gasteiger partial charge on any atom is -0.256 e. The number of hydrogen-bond acceptors (Lipinski definition) is 2. The van der Waals surface area contributed by atoms with Crippen molar-refractivity contribution in [1.82, 2.24) is 0 Å². The Morgan fingerprint density at radius 2 is 1.78 bits per heavy atom. The Morgan fingerprint density at radius 3 is 2.11 bits per heavy atom. The van der Waals surface area contributed by atoms with E-state index in [9.17, 15) is 4.57 Å². The molecule has 2 nitrogen and oxygen atoms in total. The molecule has 0 saturated heterocycles. The molecule has 0 saturated carbocycles. The SMILES string of the molecule is N=P(=O)c1ccccc1. The second-order valence-electron chi connectivity index (χ2n) is 1.63. The maximum Gasteiger partial charge on any atom is 0.220 e. The number of hydrogen-bond donors (Lipinski definition) is 1. The summed E-state index contributed by atoms with van der Waals surface area (Å²) in [6.07, 6.45) is 0. The first-order chi connectivity index (χ1) is 4.30. The van der Waals surface area contributed by atoms with E-state index < -0.39 is 7.59 Å². The topological polar surface area (TPSA) is 40.9 Å². The Bertz CT molecular complexity index is 245. The minimum absolute atomic E-state index is 0.590. The molecule has 1 N–H and O–H groups in total. The Kier molecular flexibility index (Phi) is 1.81. The van der Waals surface area contributed by atoms with Gasteiger partial charge in [0.05, 0.1) is 5.30 Å². The van der Waals surface area contributed by atoms with Crippen molar-refractivity contribution in [3.05, 3.63) is 30.3 Å². The van der Waals surface area contributed by atoms with Crippen LogP contribution >= 0.6 is 7.59 Å². The van der Waals surface area contributed by atoms with E-state index in [1.807, 2.05) is 6.07 Å². The van der Waals surface area contributed by atoms with Gasteiger partial charge in [-0.25, -0.2) is 5.16 Å². The zero-order chi connectivity index (χ0) is 6.69. The van der Waals surface area contributed by atoms with E-state index in [1.54, 1.807) is 24.3 Å². The van der Waals surface area contributed by atoms with Gasteiger partial charge in [0, 0.05) is 0 Å². The first-order valence-corrected chi connectivity index (χ1v) is 3.80. The van der Waals surface area contributed by atoms with Crippen LogP contribution in [0.5, 0.6) is 0 Å². The first kappa shape index (κ1) is 6.24. The molecule has 0 aliphatic rings. The average Bonchev–Trinajstić information content (AvgIpc) is 1.90. The van der Waals surface area contributed by atoms with E-state index in [-0.39, 0.29) is 0 Å². The molecule has 0 bridgehead atoms. The summed E-state index contributed by atoms with van der Waals surface area (Å²) in [5.74, 6) is 0. The van der Waals surface area contributed by atoms with E-state index in [1.165, 1.54) is 0 Å². The van der Waals surface area contributed by atoms with Crippen molar-refractivity contribution in [1.29, 1.82) is 5.16 Å². The van der Waals surface area contributed by atoms with Gasteiger partial charge >= 0.3 is 0 Å². The molecule has 0 aromatic heterocycles. The molecule has 1 rings (SSSR count). The van der Waals surface area contributed by atoms with Crippen LogP contribution in [0.4, 0.5) is 0 Å². The van der Waals surface area contributed by atoms with Crippen LogP contribution in [0.2, 0.25) is 0 Å². The van der Waals surface area contributed by atoms with Crippen LogP contribution in [0.3, 0.4) is 0 Å². The fourth-order valence-electron chi connectivity index (χ4n) is 0.563. The molecule has 1 atom stereocenters. The number of rotatable bonds is 1. The predicted molar refractivity (Wildman–Crippen MR) is 36.4 cm³/mol.